The molecule has 0 unspecified atom stereocenters. The number of nitrogens with one attached hydrogen (secondary N) is 2. The molecular formula is C33H33Cl2N5O5. The number of hydrogen-bond donors (Lipinski definition) is 2. The fraction of sp³-hybridized carbons (Fsp3) is 0.242. The van der Waals surface area contributed by atoms with E-state index < -0.39 is 11.8 Å². The van der Waals surface area contributed by atoms with Gasteiger partial charge in [-0.25, -0.2) is 9.97 Å². The molecule has 2 aromatic heterocycles. The van der Waals surface area contributed by atoms with E-state index in [1.54, 1.807) is 37.4 Å². The molecule has 0 spiro atoms. The van der Waals surface area contributed by atoms with Crippen molar-refractivity contribution in [3.63, 3.8) is 0 Å². The third kappa shape index (κ3) is 8.71. The number of rotatable bonds is 12. The zero-order chi connectivity index (χ0) is 32.5. The van der Waals surface area contributed by atoms with Crippen LogP contribution in [-0.2, 0) is 21.0 Å². The first kappa shape index (κ1) is 33.2. The molecule has 0 aliphatic carbocycles. The normalized spacial score (nSPS) is 11.0. The topological polar surface area (TPSA) is 123 Å². The summed E-state index contributed by atoms with van der Waals surface area (Å²) in [6.07, 6.45) is 5.22. The van der Waals surface area contributed by atoms with Crippen molar-refractivity contribution in [2.75, 3.05) is 30.4 Å². The number of benzene rings is 2. The maximum Gasteiger partial charge on any atom is 0.246 e. The molecule has 0 fully saturated rings. The Morgan fingerprint density at radius 3 is 2.56 bits per heavy atom. The van der Waals surface area contributed by atoms with Crippen LogP contribution in [0.15, 0.2) is 60.8 Å². The number of carbonyl (C=O) groups is 3. The van der Waals surface area contributed by atoms with E-state index >= 15 is 0 Å². The second kappa shape index (κ2) is 15.4. The Bertz CT molecular complexity index is 1740. The number of ether oxygens (including phenoxy) is 2. The SMILES string of the molecule is CCCOc1cc(C)nc2c(OCc3c(Cl)ccc(N(C)C(=O)CNC(=O)/C=C/c4ccc(NC(C)=O)nc4)c3Cl)cccc12. The number of pyridine rings is 2. The summed E-state index contributed by atoms with van der Waals surface area (Å²) in [7, 11) is 1.56. The number of carbonyl (C=O) groups excluding carboxylic acids is 3. The lowest BCUT2D eigenvalue weighted by Crippen LogP contribution is -2.37. The van der Waals surface area contributed by atoms with E-state index in [0.717, 1.165) is 23.3 Å². The van der Waals surface area contributed by atoms with Gasteiger partial charge in [0.2, 0.25) is 17.7 Å². The van der Waals surface area contributed by atoms with Crippen LogP contribution in [-0.4, -0.2) is 47.9 Å². The average Bonchev–Trinajstić information content (AvgIpc) is 3.01. The Labute approximate surface area is 271 Å². The lowest BCUT2D eigenvalue weighted by atomic mass is 10.1. The van der Waals surface area contributed by atoms with Crippen molar-refractivity contribution in [3.8, 4) is 11.5 Å². The van der Waals surface area contributed by atoms with Crippen molar-refractivity contribution in [3.05, 3.63) is 87.7 Å². The predicted octanol–water partition coefficient (Wildman–Crippen LogP) is 6.36. The highest BCUT2D eigenvalue weighted by molar-refractivity contribution is 6.38. The molecule has 234 valence electrons. The van der Waals surface area contributed by atoms with Crippen molar-refractivity contribution in [2.45, 2.75) is 33.8 Å². The van der Waals surface area contributed by atoms with Gasteiger partial charge in [0.1, 0.15) is 29.4 Å². The molecule has 0 saturated heterocycles. The lowest BCUT2D eigenvalue weighted by molar-refractivity contribution is -0.122. The summed E-state index contributed by atoms with van der Waals surface area (Å²) in [6, 6.07) is 14.1. The van der Waals surface area contributed by atoms with Crippen LogP contribution in [0.4, 0.5) is 11.5 Å². The van der Waals surface area contributed by atoms with Gasteiger partial charge in [0.25, 0.3) is 0 Å². The average molecular weight is 651 g/mol. The maximum atomic E-state index is 13.0. The molecule has 3 amide bonds. The second-order valence-corrected chi connectivity index (χ2v) is 10.9. The summed E-state index contributed by atoms with van der Waals surface area (Å²) in [5, 5.41) is 6.58. The molecule has 2 N–H and O–H groups in total. The fourth-order valence-electron chi connectivity index (χ4n) is 4.29. The first-order chi connectivity index (χ1) is 21.6. The van der Waals surface area contributed by atoms with E-state index in [0.29, 0.717) is 45.5 Å². The van der Waals surface area contributed by atoms with Crippen LogP contribution in [0.1, 0.15) is 37.1 Å². The van der Waals surface area contributed by atoms with Gasteiger partial charge in [-0.05, 0) is 61.4 Å². The number of likely N-dealkylation sites (N-methyl/N-ethyl adjacent to an activating group) is 1. The van der Waals surface area contributed by atoms with E-state index in [2.05, 4.69) is 20.6 Å². The van der Waals surface area contributed by atoms with Gasteiger partial charge in [0.15, 0.2) is 0 Å². The first-order valence-electron chi connectivity index (χ1n) is 14.2. The molecule has 12 heteroatoms. The number of hydrogen-bond acceptors (Lipinski definition) is 7. The molecule has 0 aliphatic heterocycles. The number of aromatic nitrogens is 2. The van der Waals surface area contributed by atoms with Crippen LogP contribution in [0, 0.1) is 6.92 Å². The number of aryl methyl sites for hydroxylation is 1. The summed E-state index contributed by atoms with van der Waals surface area (Å²) < 4.78 is 12.1. The van der Waals surface area contributed by atoms with Gasteiger partial charge in [-0.3, -0.25) is 14.4 Å². The predicted molar refractivity (Wildman–Crippen MR) is 177 cm³/mol. The Kier molecular flexibility index (Phi) is 11.3. The van der Waals surface area contributed by atoms with Crippen LogP contribution in [0.2, 0.25) is 10.0 Å². The third-order valence-electron chi connectivity index (χ3n) is 6.56. The zero-order valence-electron chi connectivity index (χ0n) is 25.3. The van der Waals surface area contributed by atoms with Crippen molar-refractivity contribution in [2.24, 2.45) is 0 Å². The van der Waals surface area contributed by atoms with Crippen molar-refractivity contribution in [1.29, 1.82) is 0 Å². The highest BCUT2D eigenvalue weighted by atomic mass is 35.5. The highest BCUT2D eigenvalue weighted by Gasteiger charge is 2.20. The Hall–Kier alpha value is -4.67. The summed E-state index contributed by atoms with van der Waals surface area (Å²) in [4.78, 5) is 46.5. The van der Waals surface area contributed by atoms with Gasteiger partial charge < -0.3 is 25.0 Å². The largest absolute Gasteiger partial charge is 0.493 e. The van der Waals surface area contributed by atoms with Crippen molar-refractivity contribution < 1.29 is 23.9 Å². The van der Waals surface area contributed by atoms with E-state index in [-0.39, 0.29) is 24.1 Å². The zero-order valence-corrected chi connectivity index (χ0v) is 26.8. The molecule has 0 bridgehead atoms. The molecule has 10 nitrogen and oxygen atoms in total. The van der Waals surface area contributed by atoms with Crippen LogP contribution >= 0.6 is 23.2 Å². The summed E-state index contributed by atoms with van der Waals surface area (Å²) in [5.74, 6) is 0.573. The fourth-order valence-corrected chi connectivity index (χ4v) is 4.90. The number of halogens is 2. The van der Waals surface area contributed by atoms with Crippen molar-refractivity contribution >= 4 is 69.4 Å². The molecule has 45 heavy (non-hydrogen) atoms. The van der Waals surface area contributed by atoms with Crippen LogP contribution in [0.25, 0.3) is 17.0 Å². The minimum absolute atomic E-state index is 0.0234. The number of anilines is 2. The number of amides is 3. The standard InChI is InChI=1S/C33H33Cl2N5O5/c1-5-15-44-28-16-20(2)38-33-23(28)7-6-8-27(33)45-19-24-25(34)11-12-26(32(24)35)40(4)31(43)18-37-30(42)14-10-22-9-13-29(36-17-22)39-21(3)41/h6-14,16-17H,5,15,18-19H2,1-4H3,(H,37,42)(H,36,39,41)/b14-10+. The first-order valence-corrected chi connectivity index (χ1v) is 14.9. The molecule has 2 heterocycles. The summed E-state index contributed by atoms with van der Waals surface area (Å²) in [5.41, 5.74) is 2.99. The molecule has 4 rings (SSSR count). The smallest absolute Gasteiger partial charge is 0.246 e. The molecular weight excluding hydrogens is 617 g/mol. The number of nitrogens with zero attached hydrogens (tertiary/aromatic N) is 3. The quantitative estimate of drug-likeness (QED) is 0.171. The van der Waals surface area contributed by atoms with Crippen molar-refractivity contribution in [1.82, 2.24) is 15.3 Å². The summed E-state index contributed by atoms with van der Waals surface area (Å²) in [6.45, 7) is 5.66. The highest BCUT2D eigenvalue weighted by Crippen LogP contribution is 2.36. The second-order valence-electron chi connectivity index (χ2n) is 10.1. The Balaban J connectivity index is 1.41. The van der Waals surface area contributed by atoms with Gasteiger partial charge in [-0.15, -0.1) is 0 Å². The van der Waals surface area contributed by atoms with Crippen LogP contribution < -0.4 is 25.0 Å². The van der Waals surface area contributed by atoms with Gasteiger partial charge in [-0.2, -0.15) is 0 Å². The number of para-hydroxylation sites is 1. The van der Waals surface area contributed by atoms with Crippen LogP contribution in [0.3, 0.4) is 0 Å². The number of fused-ring (bicyclic) bond motifs is 1. The van der Waals surface area contributed by atoms with Gasteiger partial charge in [-0.1, -0.05) is 36.2 Å². The lowest BCUT2D eigenvalue weighted by Gasteiger charge is -2.21. The van der Waals surface area contributed by atoms with E-state index in [1.165, 1.54) is 24.1 Å². The van der Waals surface area contributed by atoms with E-state index in [1.807, 2.05) is 38.1 Å². The van der Waals surface area contributed by atoms with Gasteiger partial charge in [0, 0.05) is 54.0 Å². The Morgan fingerprint density at radius 2 is 1.84 bits per heavy atom. The third-order valence-corrected chi connectivity index (χ3v) is 7.33. The molecule has 4 aromatic rings. The Morgan fingerprint density at radius 1 is 1.04 bits per heavy atom. The maximum absolute atomic E-state index is 13.0. The monoisotopic (exact) mass is 649 g/mol. The molecule has 0 aliphatic rings. The van der Waals surface area contributed by atoms with E-state index in [4.69, 9.17) is 32.7 Å². The minimum Gasteiger partial charge on any atom is -0.493 e. The molecule has 0 atom stereocenters. The molecule has 0 saturated carbocycles. The van der Waals surface area contributed by atoms with E-state index in [9.17, 15) is 14.4 Å². The van der Waals surface area contributed by atoms with Gasteiger partial charge in [0.05, 0.1) is 23.9 Å². The van der Waals surface area contributed by atoms with Gasteiger partial charge >= 0.3 is 0 Å². The summed E-state index contributed by atoms with van der Waals surface area (Å²) >= 11 is 13.2. The molecule has 0 radical (unpaired) electrons. The van der Waals surface area contributed by atoms with Crippen LogP contribution in [0.5, 0.6) is 11.5 Å². The molecule has 2 aromatic carbocycles. The minimum atomic E-state index is -0.471.